The van der Waals surface area contributed by atoms with Gasteiger partial charge in [0.2, 0.25) is 0 Å². The third-order valence-electron chi connectivity index (χ3n) is 8.25. The van der Waals surface area contributed by atoms with Crippen LogP contribution in [0.4, 0.5) is 0 Å². The van der Waals surface area contributed by atoms with Crippen LogP contribution in [0.5, 0.6) is 0 Å². The number of allylic oxidation sites excluding steroid dienone is 4. The Morgan fingerprint density at radius 1 is 0.895 bits per heavy atom. The van der Waals surface area contributed by atoms with Crippen molar-refractivity contribution in [2.75, 3.05) is 20.3 Å². The Morgan fingerprint density at radius 2 is 1.55 bits per heavy atom. The van der Waals surface area contributed by atoms with E-state index in [4.69, 9.17) is 4.74 Å². The topological polar surface area (TPSA) is 51.5 Å². The highest BCUT2D eigenvalue weighted by molar-refractivity contribution is 9.10. The molecule has 3 aliphatic rings. The van der Waals surface area contributed by atoms with Gasteiger partial charge in [-0.3, -0.25) is 9.59 Å². The number of ketones is 2. The van der Waals surface area contributed by atoms with Gasteiger partial charge in [0.25, 0.3) is 0 Å². The minimum atomic E-state index is -0.301. The van der Waals surface area contributed by atoms with Crippen LogP contribution in [0.2, 0.25) is 0 Å². The Morgan fingerprint density at radius 3 is 2.24 bits per heavy atom. The molecule has 6 heteroatoms. The molecule has 0 saturated heterocycles. The van der Waals surface area contributed by atoms with Gasteiger partial charge in [0.05, 0.1) is 0 Å². The monoisotopic (exact) mass is 572 g/mol. The number of para-hydroxylation sites is 1. The number of ether oxygens (including phenoxy) is 1. The lowest BCUT2D eigenvalue weighted by Gasteiger charge is -2.44. The fourth-order valence-electron chi connectivity index (χ4n) is 6.61. The summed E-state index contributed by atoms with van der Waals surface area (Å²) in [5, 5.41) is 1.12. The number of carbonyl (C=O) groups is 2. The highest BCUT2D eigenvalue weighted by Gasteiger charge is 2.44. The summed E-state index contributed by atoms with van der Waals surface area (Å²) in [6.07, 6.45) is 7.66. The molecule has 0 spiro atoms. The third-order valence-corrected chi connectivity index (χ3v) is 9.02. The molecule has 196 valence electrons. The van der Waals surface area contributed by atoms with Crippen LogP contribution < -0.4 is 0 Å². The average molecular weight is 574 g/mol. The van der Waals surface area contributed by atoms with E-state index >= 15 is 0 Å². The Balaban J connectivity index is 1.54. The Hall–Kier alpha value is -2.96. The number of fused-ring (bicyclic) bond motifs is 1. The molecule has 0 N–H and O–H groups in total. The molecule has 0 unspecified atom stereocenters. The van der Waals surface area contributed by atoms with Crippen molar-refractivity contribution >= 4 is 38.4 Å². The number of rotatable bonds is 7. The molecule has 0 bridgehead atoms. The van der Waals surface area contributed by atoms with Crippen molar-refractivity contribution in [1.29, 1.82) is 0 Å². The molecule has 2 heterocycles. The number of carbonyl (C=O) groups excluding carboxylic acids is 2. The van der Waals surface area contributed by atoms with Crippen molar-refractivity contribution < 1.29 is 14.3 Å². The first-order valence-electron chi connectivity index (χ1n) is 13.7. The Labute approximate surface area is 232 Å². The van der Waals surface area contributed by atoms with E-state index in [0.29, 0.717) is 26.0 Å². The number of benzene rings is 2. The quantitative estimate of drug-likeness (QED) is 0.289. The van der Waals surface area contributed by atoms with Crippen LogP contribution >= 0.6 is 15.9 Å². The maximum atomic E-state index is 13.7. The van der Waals surface area contributed by atoms with Gasteiger partial charge in [0, 0.05) is 89.7 Å². The van der Waals surface area contributed by atoms with Gasteiger partial charge >= 0.3 is 0 Å². The van der Waals surface area contributed by atoms with E-state index in [9.17, 15) is 9.59 Å². The summed E-state index contributed by atoms with van der Waals surface area (Å²) < 4.78 is 8.69. The lowest BCUT2D eigenvalue weighted by Crippen LogP contribution is -2.39. The van der Waals surface area contributed by atoms with Crippen LogP contribution in [0.25, 0.3) is 10.9 Å². The molecular weight excluding hydrogens is 540 g/mol. The molecular formula is C32H33BrN2O3. The van der Waals surface area contributed by atoms with E-state index in [1.54, 1.807) is 7.11 Å². The standard InChI is InChI=1S/C32H33BrN2O3/c1-38-18-8-17-35-26-13-6-15-28(36)31(26)30(32-27(35)14-7-16-29(32)37)23-20-34(25-12-5-3-10-22(23)25)19-21-9-2-4-11-24(21)33/h2-5,9-12,20,30H,6-8,13-19H2,1H3. The van der Waals surface area contributed by atoms with Crippen LogP contribution in [0, 0.1) is 0 Å². The summed E-state index contributed by atoms with van der Waals surface area (Å²) in [5.74, 6) is 0.0886. The van der Waals surface area contributed by atoms with Crippen molar-refractivity contribution in [3.05, 3.63) is 92.9 Å². The van der Waals surface area contributed by atoms with Crippen molar-refractivity contribution in [1.82, 2.24) is 9.47 Å². The number of nitrogens with zero attached hydrogens (tertiary/aromatic N) is 2. The van der Waals surface area contributed by atoms with E-state index in [-0.39, 0.29) is 17.5 Å². The van der Waals surface area contributed by atoms with E-state index in [1.165, 1.54) is 5.56 Å². The van der Waals surface area contributed by atoms with Gasteiger partial charge in [0.1, 0.15) is 0 Å². The molecule has 38 heavy (non-hydrogen) atoms. The first kappa shape index (κ1) is 25.3. The van der Waals surface area contributed by atoms with Crippen molar-refractivity contribution in [2.45, 2.75) is 57.4 Å². The molecule has 5 nitrogen and oxygen atoms in total. The lowest BCUT2D eigenvalue weighted by atomic mass is 9.71. The van der Waals surface area contributed by atoms with Crippen molar-refractivity contribution in [3.8, 4) is 0 Å². The van der Waals surface area contributed by atoms with E-state index in [0.717, 1.165) is 82.1 Å². The fraction of sp³-hybridized carbons (Fsp3) is 0.375. The molecule has 1 aromatic heterocycles. The number of hydrogen-bond donors (Lipinski definition) is 0. The van der Waals surface area contributed by atoms with Crippen LogP contribution in [0.3, 0.4) is 0 Å². The summed E-state index contributed by atoms with van der Waals surface area (Å²) >= 11 is 3.71. The molecule has 0 amide bonds. The van der Waals surface area contributed by atoms with E-state index in [2.05, 4.69) is 74.1 Å². The molecule has 0 radical (unpaired) electrons. The number of methoxy groups -OCH3 is 1. The van der Waals surface area contributed by atoms with E-state index < -0.39 is 0 Å². The van der Waals surface area contributed by atoms with Gasteiger partial charge in [0.15, 0.2) is 11.6 Å². The number of Topliss-reactive ketones (excluding diaryl/α,β-unsaturated/α-hetero) is 2. The van der Waals surface area contributed by atoms with Gasteiger partial charge in [-0.05, 0) is 55.4 Å². The molecule has 1 aliphatic heterocycles. The number of halogens is 1. The average Bonchev–Trinajstić information content (AvgIpc) is 3.28. The maximum absolute atomic E-state index is 13.7. The smallest absolute Gasteiger partial charge is 0.161 e. The van der Waals surface area contributed by atoms with Gasteiger partial charge in [-0.15, -0.1) is 0 Å². The Bertz CT molecular complexity index is 1440. The van der Waals surface area contributed by atoms with Gasteiger partial charge in [-0.1, -0.05) is 52.3 Å². The molecule has 3 aromatic rings. The zero-order valence-electron chi connectivity index (χ0n) is 21.8. The van der Waals surface area contributed by atoms with Crippen LogP contribution in [-0.2, 0) is 20.9 Å². The number of aromatic nitrogens is 1. The minimum Gasteiger partial charge on any atom is -0.385 e. The second-order valence-electron chi connectivity index (χ2n) is 10.5. The van der Waals surface area contributed by atoms with Gasteiger partial charge in [-0.25, -0.2) is 0 Å². The fourth-order valence-corrected chi connectivity index (χ4v) is 7.02. The molecule has 2 aromatic carbocycles. The molecule has 2 aliphatic carbocycles. The minimum absolute atomic E-state index is 0.195. The highest BCUT2D eigenvalue weighted by atomic mass is 79.9. The predicted molar refractivity (Wildman–Crippen MR) is 153 cm³/mol. The zero-order valence-corrected chi connectivity index (χ0v) is 23.4. The maximum Gasteiger partial charge on any atom is 0.161 e. The van der Waals surface area contributed by atoms with Crippen molar-refractivity contribution in [2.24, 2.45) is 0 Å². The van der Waals surface area contributed by atoms with Gasteiger partial charge < -0.3 is 14.2 Å². The van der Waals surface area contributed by atoms with Gasteiger partial charge in [-0.2, -0.15) is 0 Å². The first-order valence-corrected chi connectivity index (χ1v) is 14.5. The molecule has 0 fully saturated rings. The second kappa shape index (κ2) is 10.7. The van der Waals surface area contributed by atoms with Crippen molar-refractivity contribution in [3.63, 3.8) is 0 Å². The van der Waals surface area contributed by atoms with Crippen LogP contribution in [-0.4, -0.2) is 41.3 Å². The van der Waals surface area contributed by atoms with Crippen LogP contribution in [0.1, 0.15) is 62.0 Å². The zero-order chi connectivity index (χ0) is 26.2. The Kier molecular flexibility index (Phi) is 7.10. The normalized spacial score (nSPS) is 18.4. The lowest BCUT2D eigenvalue weighted by molar-refractivity contribution is -0.117. The van der Waals surface area contributed by atoms with E-state index in [1.807, 2.05) is 6.07 Å². The van der Waals surface area contributed by atoms with Crippen LogP contribution in [0.15, 0.2) is 81.7 Å². The summed E-state index contributed by atoms with van der Waals surface area (Å²) in [7, 11) is 1.72. The summed E-state index contributed by atoms with van der Waals surface area (Å²) in [6, 6.07) is 16.7. The summed E-state index contributed by atoms with van der Waals surface area (Å²) in [5.41, 5.74) is 7.37. The highest BCUT2D eigenvalue weighted by Crippen LogP contribution is 2.50. The first-order chi connectivity index (χ1) is 18.6. The molecule has 0 saturated carbocycles. The molecule has 6 rings (SSSR count). The summed E-state index contributed by atoms with van der Waals surface area (Å²) in [4.78, 5) is 29.7. The largest absolute Gasteiger partial charge is 0.385 e. The SMILES string of the molecule is COCCCN1C2=C(C(=O)CCC2)C(c2cn(Cc3ccccc3Br)c3ccccc23)C2=C1CCCC2=O. The summed E-state index contributed by atoms with van der Waals surface area (Å²) in [6.45, 7) is 2.15. The third kappa shape index (κ3) is 4.38. The molecule has 0 atom stereocenters. The number of hydrogen-bond acceptors (Lipinski definition) is 4. The predicted octanol–water partition coefficient (Wildman–Crippen LogP) is 6.90. The second-order valence-corrected chi connectivity index (χ2v) is 11.4.